The van der Waals surface area contributed by atoms with Gasteiger partial charge in [-0.2, -0.15) is 0 Å². The molecule has 1 rings (SSSR count). The molecule has 1 fully saturated rings. The molecule has 0 saturated carbocycles. The molecule has 0 spiro atoms. The molecular formula is C9H18BNO4. The summed E-state index contributed by atoms with van der Waals surface area (Å²) >= 11 is 0. The van der Waals surface area contributed by atoms with Crippen molar-refractivity contribution in [2.45, 2.75) is 32.0 Å². The van der Waals surface area contributed by atoms with E-state index in [4.69, 9.17) is 10.1 Å². The van der Waals surface area contributed by atoms with Gasteiger partial charge >= 0.3 is 5.97 Å². The number of rotatable bonds is 6. The summed E-state index contributed by atoms with van der Waals surface area (Å²) < 4.78 is 0. The molecule has 1 saturated heterocycles. The molecule has 1 heterocycles. The van der Waals surface area contributed by atoms with Crippen molar-refractivity contribution in [1.29, 1.82) is 0 Å². The van der Waals surface area contributed by atoms with Crippen molar-refractivity contribution < 1.29 is 20.0 Å². The lowest BCUT2D eigenvalue weighted by atomic mass is 9.63. The second kappa shape index (κ2) is 4.96. The van der Waals surface area contributed by atoms with Gasteiger partial charge in [0.15, 0.2) is 0 Å². The van der Waals surface area contributed by atoms with Gasteiger partial charge in [-0.05, 0) is 12.7 Å². The molecule has 0 amide bonds. The van der Waals surface area contributed by atoms with Crippen LogP contribution in [0.4, 0.5) is 0 Å². The van der Waals surface area contributed by atoms with E-state index in [2.05, 4.69) is 5.32 Å². The van der Waals surface area contributed by atoms with Crippen LogP contribution in [-0.4, -0.2) is 47.3 Å². The summed E-state index contributed by atoms with van der Waals surface area (Å²) in [6.45, 7) is 1.77. The molecule has 0 aromatic rings. The standard InChI is InChI=1S/C9H18BNO4/c1-10(15)4-2-3-9(6-12)5-11-7(9)8(13)14/h7,11-12,15H,2-6H2,1H3,(H,13,14). The van der Waals surface area contributed by atoms with E-state index in [1.807, 2.05) is 0 Å². The van der Waals surface area contributed by atoms with Gasteiger partial charge in [0, 0.05) is 12.0 Å². The third-order valence-corrected chi connectivity index (χ3v) is 3.13. The number of hydrogen-bond donors (Lipinski definition) is 4. The van der Waals surface area contributed by atoms with Crippen LogP contribution in [0.25, 0.3) is 0 Å². The Morgan fingerprint density at radius 3 is 2.67 bits per heavy atom. The lowest BCUT2D eigenvalue weighted by molar-refractivity contribution is -0.150. The Kier molecular flexibility index (Phi) is 4.13. The molecule has 86 valence electrons. The van der Waals surface area contributed by atoms with Crippen molar-refractivity contribution in [3.8, 4) is 0 Å². The van der Waals surface area contributed by atoms with E-state index in [0.29, 0.717) is 19.3 Å². The van der Waals surface area contributed by atoms with E-state index >= 15 is 0 Å². The number of carboxylic acids is 1. The summed E-state index contributed by atoms with van der Waals surface area (Å²) in [5.74, 6) is -0.910. The first kappa shape index (κ1) is 12.5. The average Bonchev–Trinajstić information content (AvgIpc) is 2.09. The van der Waals surface area contributed by atoms with Crippen molar-refractivity contribution in [2.75, 3.05) is 13.2 Å². The van der Waals surface area contributed by atoms with Gasteiger partial charge in [0.2, 0.25) is 0 Å². The molecule has 2 atom stereocenters. The van der Waals surface area contributed by atoms with Crippen molar-refractivity contribution in [3.05, 3.63) is 0 Å². The maximum atomic E-state index is 10.8. The summed E-state index contributed by atoms with van der Waals surface area (Å²) in [5.41, 5.74) is -0.527. The van der Waals surface area contributed by atoms with E-state index in [0.717, 1.165) is 6.42 Å². The Morgan fingerprint density at radius 1 is 1.67 bits per heavy atom. The third kappa shape index (κ3) is 2.71. The maximum absolute atomic E-state index is 10.8. The van der Waals surface area contributed by atoms with Crippen molar-refractivity contribution in [3.63, 3.8) is 0 Å². The van der Waals surface area contributed by atoms with Crippen LogP contribution in [0.15, 0.2) is 0 Å². The number of aliphatic carboxylic acids is 1. The fraction of sp³-hybridized carbons (Fsp3) is 0.889. The summed E-state index contributed by atoms with van der Waals surface area (Å²) in [7, 11) is 0. The average molecular weight is 215 g/mol. The molecule has 0 aliphatic carbocycles. The summed E-state index contributed by atoms with van der Waals surface area (Å²) in [4.78, 5) is 10.8. The topological polar surface area (TPSA) is 89.8 Å². The van der Waals surface area contributed by atoms with Gasteiger partial charge in [0.05, 0.1) is 6.61 Å². The highest BCUT2D eigenvalue weighted by atomic mass is 16.4. The first-order chi connectivity index (χ1) is 7.02. The van der Waals surface area contributed by atoms with Crippen molar-refractivity contribution in [2.24, 2.45) is 5.41 Å². The summed E-state index contributed by atoms with van der Waals surface area (Å²) in [6.07, 6.45) is 2.02. The lowest BCUT2D eigenvalue weighted by Crippen LogP contribution is -2.67. The second-order valence-corrected chi connectivity index (χ2v) is 4.41. The number of aliphatic hydroxyl groups excluding tert-OH is 1. The maximum Gasteiger partial charge on any atom is 0.321 e. The number of carboxylic acid groups (broad SMARTS) is 1. The summed E-state index contributed by atoms with van der Waals surface area (Å²) in [5, 5.41) is 30.0. The molecule has 5 nitrogen and oxygen atoms in total. The number of aliphatic hydroxyl groups is 1. The van der Waals surface area contributed by atoms with Crippen LogP contribution >= 0.6 is 0 Å². The zero-order valence-corrected chi connectivity index (χ0v) is 8.94. The van der Waals surface area contributed by atoms with Crippen LogP contribution in [0, 0.1) is 5.41 Å². The van der Waals surface area contributed by atoms with Gasteiger partial charge in [0.25, 0.3) is 6.92 Å². The van der Waals surface area contributed by atoms with Crippen LogP contribution < -0.4 is 5.32 Å². The lowest BCUT2D eigenvalue weighted by Gasteiger charge is -2.47. The van der Waals surface area contributed by atoms with Gasteiger partial charge in [-0.3, -0.25) is 4.79 Å². The predicted octanol–water partition coefficient (Wildman–Crippen LogP) is -0.585. The first-order valence-corrected chi connectivity index (χ1v) is 5.27. The van der Waals surface area contributed by atoms with Gasteiger partial charge in [-0.15, -0.1) is 0 Å². The quantitative estimate of drug-likeness (QED) is 0.445. The van der Waals surface area contributed by atoms with Gasteiger partial charge in [-0.25, -0.2) is 0 Å². The zero-order chi connectivity index (χ0) is 11.5. The SMILES string of the molecule is CB(O)CCCC1(CO)CNC1C(=O)O. The molecule has 0 radical (unpaired) electrons. The van der Waals surface area contributed by atoms with Crippen LogP contribution in [-0.2, 0) is 4.79 Å². The summed E-state index contributed by atoms with van der Waals surface area (Å²) in [6, 6.07) is -0.642. The van der Waals surface area contributed by atoms with Crippen molar-refractivity contribution in [1.82, 2.24) is 5.32 Å². The van der Waals surface area contributed by atoms with Gasteiger partial charge in [-0.1, -0.05) is 13.2 Å². The minimum Gasteiger partial charge on any atom is -0.480 e. The minimum atomic E-state index is -0.910. The molecule has 6 heteroatoms. The highest BCUT2D eigenvalue weighted by Gasteiger charge is 2.49. The Labute approximate surface area is 89.6 Å². The molecule has 0 aromatic heterocycles. The Bertz CT molecular complexity index is 232. The Hall–Kier alpha value is -0.585. The van der Waals surface area contributed by atoms with Gasteiger partial charge < -0.3 is 20.6 Å². The Balaban J connectivity index is 2.44. The molecular weight excluding hydrogens is 197 g/mol. The fourth-order valence-corrected chi connectivity index (χ4v) is 2.05. The molecule has 0 aromatic carbocycles. The minimum absolute atomic E-state index is 0.114. The molecule has 1 aliphatic heterocycles. The van der Waals surface area contributed by atoms with Crippen LogP contribution in [0.1, 0.15) is 12.8 Å². The van der Waals surface area contributed by atoms with E-state index in [1.165, 1.54) is 0 Å². The monoisotopic (exact) mass is 215 g/mol. The molecule has 0 bridgehead atoms. The van der Waals surface area contributed by atoms with E-state index in [1.54, 1.807) is 6.82 Å². The third-order valence-electron chi connectivity index (χ3n) is 3.13. The number of carbonyl (C=O) groups is 1. The second-order valence-electron chi connectivity index (χ2n) is 4.41. The van der Waals surface area contributed by atoms with E-state index < -0.39 is 17.4 Å². The Morgan fingerprint density at radius 2 is 2.33 bits per heavy atom. The fourth-order valence-electron chi connectivity index (χ4n) is 2.05. The highest BCUT2D eigenvalue weighted by molar-refractivity contribution is 6.48. The highest BCUT2D eigenvalue weighted by Crippen LogP contribution is 2.35. The predicted molar refractivity (Wildman–Crippen MR) is 56.8 cm³/mol. The number of nitrogens with one attached hydrogen (secondary N) is 1. The van der Waals surface area contributed by atoms with Crippen LogP contribution in [0.2, 0.25) is 13.1 Å². The zero-order valence-electron chi connectivity index (χ0n) is 8.94. The van der Waals surface area contributed by atoms with Gasteiger partial charge in [0.1, 0.15) is 6.04 Å². The molecule has 2 unspecified atom stereocenters. The van der Waals surface area contributed by atoms with E-state index in [-0.39, 0.29) is 13.5 Å². The normalized spacial score (nSPS) is 29.7. The smallest absolute Gasteiger partial charge is 0.321 e. The molecule has 15 heavy (non-hydrogen) atoms. The van der Waals surface area contributed by atoms with E-state index in [9.17, 15) is 9.90 Å². The van der Waals surface area contributed by atoms with Crippen LogP contribution in [0.3, 0.4) is 0 Å². The van der Waals surface area contributed by atoms with Crippen LogP contribution in [0.5, 0.6) is 0 Å². The molecule has 4 N–H and O–H groups in total. The number of hydrogen-bond acceptors (Lipinski definition) is 4. The van der Waals surface area contributed by atoms with Crippen molar-refractivity contribution >= 4 is 12.9 Å². The first-order valence-electron chi connectivity index (χ1n) is 5.27. The molecule has 1 aliphatic rings. The largest absolute Gasteiger partial charge is 0.480 e.